The van der Waals surface area contributed by atoms with Crippen molar-refractivity contribution in [3.05, 3.63) is 340 Å². The maximum atomic E-state index is 14.4. The number of carbonyl (C=O) groups is 4. The van der Waals surface area contributed by atoms with Gasteiger partial charge in [-0.2, -0.15) is 0 Å². The maximum absolute atomic E-state index is 14.4. The number of carbonyl (C=O) groups excluding carboxylic acids is 4. The van der Waals surface area contributed by atoms with Crippen molar-refractivity contribution in [2.24, 2.45) is 0 Å². The van der Waals surface area contributed by atoms with E-state index >= 15 is 0 Å². The van der Waals surface area contributed by atoms with Crippen LogP contribution in [0, 0.1) is 0 Å². The average Bonchev–Trinajstić information content (AvgIpc) is 1.53. The molecule has 112 heavy (non-hydrogen) atoms. The van der Waals surface area contributed by atoms with Gasteiger partial charge in [-0.15, -0.1) is 0 Å². The van der Waals surface area contributed by atoms with Crippen LogP contribution >= 0.6 is 0 Å². The van der Waals surface area contributed by atoms with Gasteiger partial charge in [0.15, 0.2) is 17.5 Å². The predicted molar refractivity (Wildman–Crippen MR) is 447 cm³/mol. The van der Waals surface area contributed by atoms with Crippen LogP contribution in [0.25, 0.3) is 100 Å². The molecule has 13 heteroatoms. The quantitative estimate of drug-likeness (QED) is 0.0596. The SMILES string of the molecule is CC(C)(C)c1cc(-c2nc(-c3cc(C(C)(C)C)cc(C(C)(C)C)c3)nc(-c3ccc(-n4c5ccc(C(=O)OCc6ccccc6)cc5c5cc(C(=O)OCc6ccccc6)ccc54)c(-c4ccccc4-n4c5ccc(C(=O)OCc6ccccc6)cc5c5cc(C(=O)OCc6ccccc6)ccc54)c3)n2)cc(C(C)(C)C)c1. The lowest BCUT2D eigenvalue weighted by Gasteiger charge is -2.26. The minimum Gasteiger partial charge on any atom is -0.457 e. The molecule has 0 aliphatic heterocycles. The van der Waals surface area contributed by atoms with E-state index in [1.54, 1.807) is 24.3 Å². The number of fused-ring (bicyclic) bond motifs is 6. The third-order valence-corrected chi connectivity index (χ3v) is 20.7. The van der Waals surface area contributed by atoms with E-state index in [0.29, 0.717) is 66.8 Å². The number of para-hydroxylation sites is 1. The molecule has 0 atom stereocenters. The molecule has 0 N–H and O–H groups in total. The first-order valence-corrected chi connectivity index (χ1v) is 38.0. The van der Waals surface area contributed by atoms with Gasteiger partial charge in [-0.1, -0.05) is 235 Å². The van der Waals surface area contributed by atoms with Crippen LogP contribution in [-0.4, -0.2) is 48.0 Å². The van der Waals surface area contributed by atoms with Gasteiger partial charge in [0.25, 0.3) is 0 Å². The molecule has 0 aliphatic rings. The van der Waals surface area contributed by atoms with Gasteiger partial charge in [0.05, 0.1) is 55.7 Å². The molecule has 0 saturated carbocycles. The second kappa shape index (κ2) is 30.2. The fourth-order valence-electron chi connectivity index (χ4n) is 14.3. The Morgan fingerprint density at radius 1 is 0.268 bits per heavy atom. The number of rotatable bonds is 18. The van der Waals surface area contributed by atoms with Crippen molar-refractivity contribution < 1.29 is 38.1 Å². The zero-order valence-corrected chi connectivity index (χ0v) is 65.3. The first-order valence-electron chi connectivity index (χ1n) is 38.0. The van der Waals surface area contributed by atoms with Crippen molar-refractivity contribution in [2.45, 2.75) is 131 Å². The van der Waals surface area contributed by atoms with Gasteiger partial charge in [0, 0.05) is 49.4 Å². The Kier molecular flexibility index (Phi) is 20.1. The maximum Gasteiger partial charge on any atom is 0.338 e. The molecule has 12 aromatic carbocycles. The molecule has 0 amide bonds. The van der Waals surface area contributed by atoms with Crippen LogP contribution in [0.15, 0.2) is 273 Å². The van der Waals surface area contributed by atoms with Crippen molar-refractivity contribution in [3.8, 4) is 56.7 Å². The van der Waals surface area contributed by atoms with Crippen LogP contribution in [0.1, 0.15) is 169 Å². The topological polar surface area (TPSA) is 154 Å². The smallest absolute Gasteiger partial charge is 0.338 e. The van der Waals surface area contributed by atoms with E-state index in [2.05, 4.69) is 159 Å². The summed E-state index contributed by atoms with van der Waals surface area (Å²) in [4.78, 5) is 74.1. The van der Waals surface area contributed by atoms with Crippen LogP contribution < -0.4 is 0 Å². The third kappa shape index (κ3) is 15.7. The van der Waals surface area contributed by atoms with E-state index in [4.69, 9.17) is 33.9 Å². The van der Waals surface area contributed by atoms with Gasteiger partial charge in [-0.3, -0.25) is 0 Å². The second-order valence-electron chi connectivity index (χ2n) is 33.0. The van der Waals surface area contributed by atoms with E-state index in [-0.39, 0.29) is 48.1 Å². The van der Waals surface area contributed by atoms with Gasteiger partial charge in [-0.05, 0) is 187 Å². The van der Waals surface area contributed by atoms with E-state index in [1.807, 2.05) is 182 Å². The summed E-state index contributed by atoms with van der Waals surface area (Å²) in [7, 11) is 0. The summed E-state index contributed by atoms with van der Waals surface area (Å²) in [6.45, 7) is 27.0. The van der Waals surface area contributed by atoms with Crippen molar-refractivity contribution >= 4 is 67.5 Å². The normalized spacial score (nSPS) is 12.0. The van der Waals surface area contributed by atoms with E-state index in [9.17, 15) is 19.2 Å². The Labute approximate surface area is 653 Å². The van der Waals surface area contributed by atoms with Crippen molar-refractivity contribution in [1.82, 2.24) is 24.1 Å². The number of esters is 4. The van der Waals surface area contributed by atoms with E-state index in [0.717, 1.165) is 100 Å². The first kappa shape index (κ1) is 74.6. The molecule has 3 aromatic heterocycles. The summed E-state index contributed by atoms with van der Waals surface area (Å²) in [6.07, 6.45) is 0. The molecule has 0 radical (unpaired) electrons. The zero-order valence-electron chi connectivity index (χ0n) is 65.3. The van der Waals surface area contributed by atoms with Crippen LogP contribution in [0.3, 0.4) is 0 Å². The number of ether oxygens (including phenoxy) is 4. The molecular weight excluding hydrogens is 1390 g/mol. The molecule has 0 fully saturated rings. The van der Waals surface area contributed by atoms with E-state index in [1.165, 1.54) is 0 Å². The van der Waals surface area contributed by atoms with Gasteiger partial charge >= 0.3 is 23.9 Å². The zero-order chi connectivity index (χ0) is 78.4. The number of aromatic nitrogens is 5. The fourth-order valence-corrected chi connectivity index (χ4v) is 14.3. The van der Waals surface area contributed by atoms with Gasteiger partial charge < -0.3 is 28.1 Å². The predicted octanol–water partition coefficient (Wildman–Crippen LogP) is 23.4. The van der Waals surface area contributed by atoms with Gasteiger partial charge in [-0.25, -0.2) is 34.1 Å². The van der Waals surface area contributed by atoms with Crippen LogP contribution in [0.4, 0.5) is 0 Å². The summed E-state index contributed by atoms with van der Waals surface area (Å²) < 4.78 is 28.3. The molecule has 3 heterocycles. The molecule has 15 aromatic rings. The number of benzene rings is 12. The van der Waals surface area contributed by atoms with Crippen LogP contribution in [0.5, 0.6) is 0 Å². The Bertz CT molecular complexity index is 5750. The van der Waals surface area contributed by atoms with E-state index < -0.39 is 23.9 Å². The standard InChI is InChI=1S/C99H89N5O8/c1-96(2,3)73-47-71(48-74(56-73)97(4,5)6)90-100-89(101-91(102-90)72-49-75(98(7,8)9)57-76(50-72)99(10,11)12)66-37-42-84(104-87-45-40-69(94(107)111-60-64-31-21-15-22-32-64)54-81(87)82-55-70(41-46-88(82)104)95(108)112-61-65-33-23-16-24-34-65)78(51-66)77-35-25-26-36-83(77)103-85-43-38-67(92(105)109-58-62-27-17-13-18-28-62)52-79(85)80-53-68(39-44-86(80)103)93(106)110-59-63-29-19-14-20-30-63/h13-57H,58-61H2,1-12H3. The number of hydrogen-bond acceptors (Lipinski definition) is 11. The lowest BCUT2D eigenvalue weighted by atomic mass is 9.79. The first-order chi connectivity index (χ1) is 53.7. The van der Waals surface area contributed by atoms with Crippen LogP contribution in [-0.2, 0) is 67.0 Å². The highest BCUT2D eigenvalue weighted by molar-refractivity contribution is 6.15. The monoisotopic (exact) mass is 1480 g/mol. The highest BCUT2D eigenvalue weighted by Crippen LogP contribution is 2.45. The lowest BCUT2D eigenvalue weighted by Crippen LogP contribution is -2.17. The molecule has 0 bridgehead atoms. The summed E-state index contributed by atoms with van der Waals surface area (Å²) in [5.41, 5.74) is 16.6. The molecule has 0 saturated heterocycles. The summed E-state index contributed by atoms with van der Waals surface area (Å²) in [5, 5.41) is 2.72. The molecule has 15 rings (SSSR count). The van der Waals surface area contributed by atoms with Gasteiger partial charge in [0.1, 0.15) is 26.4 Å². The average molecular weight is 1480 g/mol. The molecule has 558 valence electrons. The summed E-state index contributed by atoms with van der Waals surface area (Å²) in [5.74, 6) is -0.604. The summed E-state index contributed by atoms with van der Waals surface area (Å²) >= 11 is 0. The Hall–Kier alpha value is -12.9. The minimum atomic E-state index is -0.516. The highest BCUT2D eigenvalue weighted by Gasteiger charge is 2.29. The summed E-state index contributed by atoms with van der Waals surface area (Å²) in [6, 6.07) is 88.4. The molecule has 13 nitrogen and oxygen atoms in total. The highest BCUT2D eigenvalue weighted by atomic mass is 16.5. The van der Waals surface area contributed by atoms with Crippen molar-refractivity contribution in [1.29, 1.82) is 0 Å². The number of nitrogens with zero attached hydrogens (tertiary/aromatic N) is 5. The Morgan fingerprint density at radius 2 is 0.536 bits per heavy atom. The molecule has 0 unspecified atom stereocenters. The second-order valence-corrected chi connectivity index (χ2v) is 33.0. The van der Waals surface area contributed by atoms with Crippen molar-refractivity contribution in [2.75, 3.05) is 0 Å². The largest absolute Gasteiger partial charge is 0.457 e. The lowest BCUT2D eigenvalue weighted by molar-refractivity contribution is 0.0464. The molecule has 0 aliphatic carbocycles. The minimum absolute atomic E-state index is 0.0650. The van der Waals surface area contributed by atoms with Crippen molar-refractivity contribution in [3.63, 3.8) is 0 Å². The Balaban J connectivity index is 0.989. The third-order valence-electron chi connectivity index (χ3n) is 20.7. The number of hydrogen-bond donors (Lipinski definition) is 0. The molecular formula is C99H89N5O8. The Morgan fingerprint density at radius 3 is 0.830 bits per heavy atom. The fraction of sp³-hybridized carbons (Fsp3) is 0.202. The van der Waals surface area contributed by atoms with Gasteiger partial charge in [0.2, 0.25) is 0 Å². The molecule has 0 spiro atoms. The van der Waals surface area contributed by atoms with Crippen LogP contribution in [0.2, 0.25) is 0 Å².